The zero-order valence-corrected chi connectivity index (χ0v) is 10.7. The summed E-state index contributed by atoms with van der Waals surface area (Å²) in [4.78, 5) is 0. The molecule has 3 nitrogen and oxygen atoms in total. The molecular weight excluding hydrogens is 270 g/mol. The molecule has 16 heavy (non-hydrogen) atoms. The van der Waals surface area contributed by atoms with E-state index in [1.54, 1.807) is 12.1 Å². The Morgan fingerprint density at radius 1 is 1.50 bits per heavy atom. The minimum Gasteiger partial charge on any atom is -0.508 e. The van der Waals surface area contributed by atoms with Crippen molar-refractivity contribution in [2.45, 2.75) is 13.0 Å². The average molecular weight is 286 g/mol. The van der Waals surface area contributed by atoms with Crippen LogP contribution in [0.2, 0.25) is 0 Å². The van der Waals surface area contributed by atoms with E-state index in [0.29, 0.717) is 11.7 Å². The van der Waals surface area contributed by atoms with Crippen LogP contribution in [0.1, 0.15) is 12.0 Å². The highest BCUT2D eigenvalue weighted by Gasteiger charge is 2.14. The number of ether oxygens (including phenoxy) is 1. The summed E-state index contributed by atoms with van der Waals surface area (Å²) in [6.07, 6.45) is 1.15. The molecule has 2 N–H and O–H groups in total. The lowest BCUT2D eigenvalue weighted by atomic mass is 10.1. The van der Waals surface area contributed by atoms with Crippen LogP contribution < -0.4 is 5.32 Å². The Hall–Kier alpha value is -0.580. The number of benzene rings is 1. The molecule has 0 saturated carbocycles. The summed E-state index contributed by atoms with van der Waals surface area (Å²) in [5, 5.41) is 12.8. The van der Waals surface area contributed by atoms with Gasteiger partial charge in [0.2, 0.25) is 0 Å². The Morgan fingerprint density at radius 2 is 2.38 bits per heavy atom. The molecule has 1 fully saturated rings. The predicted octanol–water partition coefficient (Wildman–Crippen LogP) is 2.28. The average Bonchev–Trinajstić information content (AvgIpc) is 2.76. The van der Waals surface area contributed by atoms with E-state index < -0.39 is 0 Å². The van der Waals surface area contributed by atoms with E-state index in [-0.39, 0.29) is 0 Å². The summed E-state index contributed by atoms with van der Waals surface area (Å²) in [7, 11) is 0. The van der Waals surface area contributed by atoms with E-state index in [0.717, 1.165) is 42.8 Å². The number of phenolic OH excluding ortho intramolecular Hbond substituents is 1. The third-order valence-corrected chi connectivity index (χ3v) is 3.58. The molecule has 0 amide bonds. The zero-order chi connectivity index (χ0) is 11.4. The van der Waals surface area contributed by atoms with Crippen molar-refractivity contribution in [1.82, 2.24) is 5.32 Å². The van der Waals surface area contributed by atoms with Crippen molar-refractivity contribution in [1.29, 1.82) is 0 Å². The zero-order valence-electron chi connectivity index (χ0n) is 9.08. The first-order chi connectivity index (χ1) is 7.75. The van der Waals surface area contributed by atoms with Gasteiger partial charge in [0.1, 0.15) is 5.75 Å². The second-order valence-corrected chi connectivity index (χ2v) is 4.99. The van der Waals surface area contributed by atoms with Crippen LogP contribution in [0, 0.1) is 5.92 Å². The maximum absolute atomic E-state index is 9.38. The number of nitrogens with one attached hydrogen (secondary N) is 1. The lowest BCUT2D eigenvalue weighted by molar-refractivity contribution is 0.185. The first-order valence-corrected chi connectivity index (χ1v) is 6.31. The van der Waals surface area contributed by atoms with E-state index in [9.17, 15) is 5.11 Å². The van der Waals surface area contributed by atoms with Crippen LogP contribution >= 0.6 is 15.9 Å². The third kappa shape index (κ3) is 3.20. The first-order valence-electron chi connectivity index (χ1n) is 5.51. The second kappa shape index (κ2) is 5.66. The Labute approximate surface area is 104 Å². The summed E-state index contributed by atoms with van der Waals surface area (Å²) in [5.41, 5.74) is 1.08. The van der Waals surface area contributed by atoms with Crippen molar-refractivity contribution in [2.24, 2.45) is 5.92 Å². The van der Waals surface area contributed by atoms with E-state index in [2.05, 4.69) is 21.2 Å². The van der Waals surface area contributed by atoms with Crippen molar-refractivity contribution < 1.29 is 9.84 Å². The summed E-state index contributed by atoms with van der Waals surface area (Å²) >= 11 is 3.47. The SMILES string of the molecule is Oc1ccc(Br)c(CNCC2CCOC2)c1. The number of aromatic hydroxyl groups is 1. The van der Waals surface area contributed by atoms with Crippen LogP contribution in [-0.2, 0) is 11.3 Å². The fraction of sp³-hybridized carbons (Fsp3) is 0.500. The second-order valence-electron chi connectivity index (χ2n) is 4.14. The van der Waals surface area contributed by atoms with E-state index in [1.165, 1.54) is 0 Å². The summed E-state index contributed by atoms with van der Waals surface area (Å²) < 4.78 is 6.34. The number of rotatable bonds is 4. The van der Waals surface area contributed by atoms with Crippen LogP contribution in [-0.4, -0.2) is 24.9 Å². The fourth-order valence-electron chi connectivity index (χ4n) is 1.85. The van der Waals surface area contributed by atoms with Crippen LogP contribution in [0.4, 0.5) is 0 Å². The van der Waals surface area contributed by atoms with Gasteiger partial charge in [0.05, 0.1) is 6.61 Å². The standard InChI is InChI=1S/C12H16BrNO2/c13-12-2-1-11(15)5-10(12)7-14-6-9-3-4-16-8-9/h1-2,5,9,14-15H,3-4,6-8H2. The number of halogens is 1. The highest BCUT2D eigenvalue weighted by Crippen LogP contribution is 2.21. The van der Waals surface area contributed by atoms with Gasteiger partial charge in [0.25, 0.3) is 0 Å². The molecule has 0 aromatic heterocycles. The van der Waals surface area contributed by atoms with Gasteiger partial charge in [-0.2, -0.15) is 0 Å². The van der Waals surface area contributed by atoms with Crippen LogP contribution in [0.15, 0.2) is 22.7 Å². The molecule has 1 atom stereocenters. The van der Waals surface area contributed by atoms with Crippen molar-refractivity contribution in [3.63, 3.8) is 0 Å². The fourth-order valence-corrected chi connectivity index (χ4v) is 2.24. The Bertz CT molecular complexity index is 351. The van der Waals surface area contributed by atoms with Crippen LogP contribution in [0.3, 0.4) is 0 Å². The van der Waals surface area contributed by atoms with Gasteiger partial charge < -0.3 is 15.2 Å². The summed E-state index contributed by atoms with van der Waals surface area (Å²) in [5.74, 6) is 0.945. The van der Waals surface area contributed by atoms with Crippen LogP contribution in [0.25, 0.3) is 0 Å². The topological polar surface area (TPSA) is 41.5 Å². The largest absolute Gasteiger partial charge is 0.508 e. The van der Waals surface area contributed by atoms with E-state index in [1.807, 2.05) is 6.07 Å². The molecular formula is C12H16BrNO2. The molecule has 1 aliphatic rings. The lowest BCUT2D eigenvalue weighted by Crippen LogP contribution is -2.22. The van der Waals surface area contributed by atoms with Crippen molar-refractivity contribution >= 4 is 15.9 Å². The Balaban J connectivity index is 1.82. The van der Waals surface area contributed by atoms with Crippen molar-refractivity contribution in [3.8, 4) is 5.75 Å². The lowest BCUT2D eigenvalue weighted by Gasteiger charge is -2.10. The van der Waals surface area contributed by atoms with E-state index >= 15 is 0 Å². The Kier molecular flexibility index (Phi) is 4.21. The smallest absolute Gasteiger partial charge is 0.115 e. The molecule has 1 aliphatic heterocycles. The maximum Gasteiger partial charge on any atom is 0.115 e. The predicted molar refractivity (Wildman–Crippen MR) is 66.4 cm³/mol. The summed E-state index contributed by atoms with van der Waals surface area (Å²) in [6, 6.07) is 5.33. The van der Waals surface area contributed by atoms with Gasteiger partial charge in [0.15, 0.2) is 0 Å². The number of hydrogen-bond donors (Lipinski definition) is 2. The van der Waals surface area contributed by atoms with Gasteiger partial charge >= 0.3 is 0 Å². The quantitative estimate of drug-likeness (QED) is 0.892. The van der Waals surface area contributed by atoms with Crippen molar-refractivity contribution in [3.05, 3.63) is 28.2 Å². The highest BCUT2D eigenvalue weighted by atomic mass is 79.9. The molecule has 1 aromatic carbocycles. The first kappa shape index (κ1) is 11.9. The van der Waals surface area contributed by atoms with Gasteiger partial charge in [-0.1, -0.05) is 15.9 Å². The molecule has 1 saturated heterocycles. The summed E-state index contributed by atoms with van der Waals surface area (Å²) in [6.45, 7) is 3.50. The molecule has 1 heterocycles. The molecule has 0 spiro atoms. The van der Waals surface area contributed by atoms with E-state index in [4.69, 9.17) is 4.74 Å². The molecule has 1 aromatic rings. The minimum absolute atomic E-state index is 0.309. The maximum atomic E-state index is 9.38. The van der Waals surface area contributed by atoms with Gasteiger partial charge in [-0.3, -0.25) is 0 Å². The monoisotopic (exact) mass is 285 g/mol. The van der Waals surface area contributed by atoms with Gasteiger partial charge in [0, 0.05) is 24.2 Å². The molecule has 0 aliphatic carbocycles. The highest BCUT2D eigenvalue weighted by molar-refractivity contribution is 9.10. The Morgan fingerprint density at radius 3 is 3.12 bits per heavy atom. The molecule has 0 bridgehead atoms. The number of hydrogen-bond acceptors (Lipinski definition) is 3. The normalized spacial score (nSPS) is 20.2. The molecule has 88 valence electrons. The van der Waals surface area contributed by atoms with Gasteiger partial charge in [-0.15, -0.1) is 0 Å². The molecule has 1 unspecified atom stereocenters. The molecule has 4 heteroatoms. The van der Waals surface area contributed by atoms with Gasteiger partial charge in [-0.05, 0) is 36.1 Å². The molecule has 0 radical (unpaired) electrons. The van der Waals surface area contributed by atoms with Gasteiger partial charge in [-0.25, -0.2) is 0 Å². The third-order valence-electron chi connectivity index (χ3n) is 2.80. The van der Waals surface area contributed by atoms with Crippen molar-refractivity contribution in [2.75, 3.05) is 19.8 Å². The molecule has 2 rings (SSSR count). The number of phenols is 1. The minimum atomic E-state index is 0.309. The van der Waals surface area contributed by atoms with Crippen LogP contribution in [0.5, 0.6) is 5.75 Å².